The smallest absolute Gasteiger partial charge is 0.264 e. The molecule has 0 saturated carbocycles. The first-order valence-corrected chi connectivity index (χ1v) is 12.2. The Morgan fingerprint density at radius 3 is 2.17 bits per heavy atom. The van der Waals surface area contributed by atoms with Gasteiger partial charge in [-0.2, -0.15) is 0 Å². The molecule has 35 heavy (non-hydrogen) atoms. The van der Waals surface area contributed by atoms with Gasteiger partial charge in [-0.15, -0.1) is 0 Å². The van der Waals surface area contributed by atoms with Gasteiger partial charge in [0.15, 0.2) is 11.5 Å². The van der Waals surface area contributed by atoms with Gasteiger partial charge in [-0.05, 0) is 55.5 Å². The fraction of sp³-hybridized carbons (Fsp3) is 0.240. The molecule has 0 atom stereocenters. The maximum absolute atomic E-state index is 13.7. The molecule has 1 amide bonds. The molecule has 186 valence electrons. The number of methoxy groups -OCH3 is 3. The van der Waals surface area contributed by atoms with Gasteiger partial charge >= 0.3 is 0 Å². The molecule has 0 heterocycles. The molecule has 0 unspecified atom stereocenters. The summed E-state index contributed by atoms with van der Waals surface area (Å²) < 4.78 is 49.6. The Balaban J connectivity index is 1.99. The summed E-state index contributed by atoms with van der Waals surface area (Å²) in [5.41, 5.74) is 0.728. The Morgan fingerprint density at radius 1 is 0.857 bits per heavy atom. The number of para-hydroxylation sites is 2. The largest absolute Gasteiger partial charge is 0.497 e. The molecule has 0 aliphatic heterocycles. The van der Waals surface area contributed by atoms with Gasteiger partial charge in [0.1, 0.15) is 18.0 Å². The van der Waals surface area contributed by atoms with E-state index >= 15 is 0 Å². The van der Waals surface area contributed by atoms with E-state index in [1.807, 2.05) is 6.92 Å². The minimum atomic E-state index is -4.17. The fourth-order valence-corrected chi connectivity index (χ4v) is 4.78. The number of amides is 1. The predicted molar refractivity (Wildman–Crippen MR) is 133 cm³/mol. The van der Waals surface area contributed by atoms with Crippen LogP contribution < -0.4 is 28.6 Å². The zero-order valence-electron chi connectivity index (χ0n) is 20.0. The minimum absolute atomic E-state index is 0.0616. The number of sulfonamides is 1. The Hall–Kier alpha value is -3.92. The van der Waals surface area contributed by atoms with Crippen molar-refractivity contribution in [1.29, 1.82) is 0 Å². The van der Waals surface area contributed by atoms with Gasteiger partial charge in [0.05, 0.1) is 44.2 Å². The molecule has 3 aromatic carbocycles. The standard InChI is InChI=1S/C25H28N2O7S/c1-5-34-22-9-7-6-8-21(22)26-25(28)17-27(18-10-12-19(31-2)13-11-18)35(29,30)20-14-15-23(32-3)24(16-20)33-4/h6-16H,5,17H2,1-4H3,(H,26,28). The molecule has 0 fully saturated rings. The van der Waals surface area contributed by atoms with E-state index in [2.05, 4.69) is 5.32 Å². The van der Waals surface area contributed by atoms with Gasteiger partial charge in [-0.25, -0.2) is 8.42 Å². The summed E-state index contributed by atoms with van der Waals surface area (Å²) in [4.78, 5) is 13.0. The van der Waals surface area contributed by atoms with Crippen molar-refractivity contribution >= 4 is 27.3 Å². The maximum Gasteiger partial charge on any atom is 0.264 e. The van der Waals surface area contributed by atoms with Crippen LogP contribution in [0.4, 0.5) is 11.4 Å². The molecule has 10 heteroatoms. The maximum atomic E-state index is 13.7. The summed E-state index contributed by atoms with van der Waals surface area (Å²) in [5.74, 6) is 1.12. The van der Waals surface area contributed by atoms with E-state index in [4.69, 9.17) is 18.9 Å². The van der Waals surface area contributed by atoms with Gasteiger partial charge in [0.25, 0.3) is 10.0 Å². The topological polar surface area (TPSA) is 103 Å². The number of benzene rings is 3. The monoisotopic (exact) mass is 500 g/mol. The summed E-state index contributed by atoms with van der Waals surface area (Å²) in [6.07, 6.45) is 0. The zero-order valence-corrected chi connectivity index (χ0v) is 20.8. The Bertz CT molecular complexity index is 1260. The van der Waals surface area contributed by atoms with Crippen LogP contribution in [-0.2, 0) is 14.8 Å². The third-order valence-corrected chi connectivity index (χ3v) is 6.82. The van der Waals surface area contributed by atoms with Crippen LogP contribution in [0.25, 0.3) is 0 Å². The van der Waals surface area contributed by atoms with Crippen LogP contribution in [0.3, 0.4) is 0 Å². The summed E-state index contributed by atoms with van der Waals surface area (Å²) >= 11 is 0. The van der Waals surface area contributed by atoms with E-state index in [-0.39, 0.29) is 16.3 Å². The number of nitrogens with one attached hydrogen (secondary N) is 1. The van der Waals surface area contributed by atoms with Crippen molar-refractivity contribution in [3.8, 4) is 23.0 Å². The van der Waals surface area contributed by atoms with E-state index in [9.17, 15) is 13.2 Å². The molecular weight excluding hydrogens is 472 g/mol. The van der Waals surface area contributed by atoms with Crippen molar-refractivity contribution in [2.24, 2.45) is 0 Å². The molecule has 0 bridgehead atoms. The lowest BCUT2D eigenvalue weighted by molar-refractivity contribution is -0.114. The van der Waals surface area contributed by atoms with Crippen molar-refractivity contribution in [3.63, 3.8) is 0 Å². The Kier molecular flexibility index (Phi) is 8.43. The number of carbonyl (C=O) groups excluding carboxylic acids is 1. The SMILES string of the molecule is CCOc1ccccc1NC(=O)CN(c1ccc(OC)cc1)S(=O)(=O)c1ccc(OC)c(OC)c1. The number of hydrogen-bond acceptors (Lipinski definition) is 7. The average molecular weight is 501 g/mol. The molecule has 0 saturated heterocycles. The highest BCUT2D eigenvalue weighted by atomic mass is 32.2. The molecule has 0 spiro atoms. The summed E-state index contributed by atoms with van der Waals surface area (Å²) in [5, 5.41) is 2.74. The molecule has 0 aliphatic carbocycles. The fourth-order valence-electron chi connectivity index (χ4n) is 3.34. The normalized spacial score (nSPS) is 10.9. The quantitative estimate of drug-likeness (QED) is 0.425. The van der Waals surface area contributed by atoms with E-state index in [1.54, 1.807) is 48.5 Å². The lowest BCUT2D eigenvalue weighted by Crippen LogP contribution is -2.38. The van der Waals surface area contributed by atoms with E-state index in [1.165, 1.54) is 39.5 Å². The number of rotatable bonds is 11. The molecule has 3 aromatic rings. The van der Waals surface area contributed by atoms with Gasteiger partial charge < -0.3 is 24.3 Å². The lowest BCUT2D eigenvalue weighted by Gasteiger charge is -2.25. The third kappa shape index (κ3) is 5.96. The molecule has 0 radical (unpaired) electrons. The second kappa shape index (κ2) is 11.5. The Morgan fingerprint density at radius 2 is 1.54 bits per heavy atom. The minimum Gasteiger partial charge on any atom is -0.497 e. The number of carbonyl (C=O) groups is 1. The lowest BCUT2D eigenvalue weighted by atomic mass is 10.3. The van der Waals surface area contributed by atoms with E-state index in [0.717, 1.165) is 4.31 Å². The van der Waals surface area contributed by atoms with Crippen LogP contribution in [-0.4, -0.2) is 48.8 Å². The van der Waals surface area contributed by atoms with E-state index in [0.29, 0.717) is 29.5 Å². The van der Waals surface area contributed by atoms with Crippen LogP contribution >= 0.6 is 0 Å². The van der Waals surface area contributed by atoms with Crippen molar-refractivity contribution in [3.05, 3.63) is 66.7 Å². The number of nitrogens with zero attached hydrogens (tertiary/aromatic N) is 1. The Labute approximate surface area is 205 Å². The van der Waals surface area contributed by atoms with Gasteiger partial charge in [-0.3, -0.25) is 9.10 Å². The van der Waals surface area contributed by atoms with E-state index < -0.39 is 22.5 Å². The number of ether oxygens (including phenoxy) is 4. The predicted octanol–water partition coefficient (Wildman–Crippen LogP) is 3.95. The molecule has 9 nitrogen and oxygen atoms in total. The van der Waals surface area contributed by atoms with Crippen LogP contribution in [0, 0.1) is 0 Å². The third-order valence-electron chi connectivity index (χ3n) is 5.05. The highest BCUT2D eigenvalue weighted by molar-refractivity contribution is 7.92. The summed E-state index contributed by atoms with van der Waals surface area (Å²) in [6, 6.07) is 17.6. The van der Waals surface area contributed by atoms with Crippen LogP contribution in [0.2, 0.25) is 0 Å². The van der Waals surface area contributed by atoms with Crippen LogP contribution in [0.1, 0.15) is 6.92 Å². The highest BCUT2D eigenvalue weighted by Crippen LogP contribution is 2.33. The molecule has 3 rings (SSSR count). The van der Waals surface area contributed by atoms with Gasteiger partial charge in [-0.1, -0.05) is 12.1 Å². The second-order valence-corrected chi connectivity index (χ2v) is 9.07. The highest BCUT2D eigenvalue weighted by Gasteiger charge is 2.28. The zero-order chi connectivity index (χ0) is 25.4. The van der Waals surface area contributed by atoms with Crippen molar-refractivity contribution < 1.29 is 32.2 Å². The summed E-state index contributed by atoms with van der Waals surface area (Å²) in [7, 11) is 0.210. The number of hydrogen-bond donors (Lipinski definition) is 1. The van der Waals surface area contributed by atoms with Crippen LogP contribution in [0.5, 0.6) is 23.0 Å². The van der Waals surface area contributed by atoms with Gasteiger partial charge in [0.2, 0.25) is 5.91 Å². The first kappa shape index (κ1) is 25.7. The molecule has 0 aliphatic rings. The van der Waals surface area contributed by atoms with Crippen LogP contribution in [0.15, 0.2) is 71.6 Å². The second-order valence-electron chi connectivity index (χ2n) is 7.20. The van der Waals surface area contributed by atoms with Gasteiger partial charge in [0, 0.05) is 6.07 Å². The first-order valence-electron chi connectivity index (χ1n) is 10.7. The van der Waals surface area contributed by atoms with Crippen molar-refractivity contribution in [2.75, 3.05) is 44.1 Å². The molecule has 0 aromatic heterocycles. The summed E-state index contributed by atoms with van der Waals surface area (Å²) in [6.45, 7) is 1.77. The molecule has 1 N–H and O–H groups in total. The number of anilines is 2. The molecular formula is C25H28N2O7S. The average Bonchev–Trinajstić information content (AvgIpc) is 2.88. The first-order chi connectivity index (χ1) is 16.8. The van der Waals surface area contributed by atoms with Crippen molar-refractivity contribution in [2.45, 2.75) is 11.8 Å². The van der Waals surface area contributed by atoms with Crippen molar-refractivity contribution in [1.82, 2.24) is 0 Å².